The van der Waals surface area contributed by atoms with Gasteiger partial charge in [0.15, 0.2) is 0 Å². The van der Waals surface area contributed by atoms with Crippen molar-refractivity contribution in [1.29, 1.82) is 0 Å². The zero-order valence-corrected chi connectivity index (χ0v) is 8.32. The van der Waals surface area contributed by atoms with E-state index in [2.05, 4.69) is 13.0 Å². The third-order valence-corrected chi connectivity index (χ3v) is 3.53. The molecular weight excluding hydrogens is 170 g/mol. The Morgan fingerprint density at radius 2 is 2.33 bits per heavy atom. The predicted octanol–water partition coefficient (Wildman–Crippen LogP) is 1.27. The standard InChI is InChI=1S/C9H15NOS/c1-7-3-4-12-8(7)9(2,5-10)6-11/h3-4,11H,5-6,10H2,1-2H3. The Bertz CT molecular complexity index is 253. The number of hydrogen-bond acceptors (Lipinski definition) is 3. The van der Waals surface area contributed by atoms with Crippen molar-refractivity contribution in [1.82, 2.24) is 0 Å². The molecule has 1 heterocycles. The highest BCUT2D eigenvalue weighted by molar-refractivity contribution is 7.10. The molecule has 1 atom stereocenters. The predicted molar refractivity (Wildman–Crippen MR) is 52.5 cm³/mol. The van der Waals surface area contributed by atoms with Gasteiger partial charge in [0.2, 0.25) is 0 Å². The molecule has 1 unspecified atom stereocenters. The van der Waals surface area contributed by atoms with Crippen LogP contribution >= 0.6 is 11.3 Å². The van der Waals surface area contributed by atoms with E-state index in [0.29, 0.717) is 6.54 Å². The molecule has 1 rings (SSSR count). The number of aryl methyl sites for hydroxylation is 1. The van der Waals surface area contributed by atoms with E-state index in [1.807, 2.05) is 12.3 Å². The van der Waals surface area contributed by atoms with Crippen LogP contribution in [-0.2, 0) is 5.41 Å². The van der Waals surface area contributed by atoms with Crippen LogP contribution in [0.4, 0.5) is 0 Å². The lowest BCUT2D eigenvalue weighted by Crippen LogP contribution is -2.35. The van der Waals surface area contributed by atoms with Gasteiger partial charge in [0, 0.05) is 16.8 Å². The minimum atomic E-state index is -0.252. The second-order valence-corrected chi connectivity index (χ2v) is 4.27. The summed E-state index contributed by atoms with van der Waals surface area (Å²) >= 11 is 1.67. The molecule has 0 aromatic carbocycles. The summed E-state index contributed by atoms with van der Waals surface area (Å²) in [5.74, 6) is 0. The van der Waals surface area contributed by atoms with E-state index in [4.69, 9.17) is 5.73 Å². The Morgan fingerprint density at radius 3 is 2.67 bits per heavy atom. The molecule has 1 aromatic heterocycles. The summed E-state index contributed by atoms with van der Waals surface area (Å²) in [6.45, 7) is 4.65. The lowest BCUT2D eigenvalue weighted by Gasteiger charge is -2.24. The van der Waals surface area contributed by atoms with Crippen LogP contribution in [0.2, 0.25) is 0 Å². The van der Waals surface area contributed by atoms with Crippen molar-refractivity contribution in [2.24, 2.45) is 5.73 Å². The topological polar surface area (TPSA) is 46.2 Å². The zero-order valence-electron chi connectivity index (χ0n) is 7.50. The van der Waals surface area contributed by atoms with Gasteiger partial charge in [-0.05, 0) is 23.9 Å². The molecule has 2 nitrogen and oxygen atoms in total. The molecule has 0 amide bonds. The molecule has 0 aliphatic rings. The SMILES string of the molecule is Cc1ccsc1C(C)(CN)CO. The second kappa shape index (κ2) is 3.56. The summed E-state index contributed by atoms with van der Waals surface area (Å²) in [6.07, 6.45) is 0. The molecule has 0 bridgehead atoms. The first-order valence-corrected chi connectivity index (χ1v) is 4.87. The van der Waals surface area contributed by atoms with Crippen molar-refractivity contribution in [3.8, 4) is 0 Å². The molecule has 3 N–H and O–H groups in total. The Kier molecular flexibility index (Phi) is 2.88. The van der Waals surface area contributed by atoms with Gasteiger partial charge in [-0.3, -0.25) is 0 Å². The number of hydrogen-bond donors (Lipinski definition) is 2. The molecule has 0 aliphatic carbocycles. The average Bonchev–Trinajstić information content (AvgIpc) is 2.51. The van der Waals surface area contributed by atoms with Gasteiger partial charge in [-0.25, -0.2) is 0 Å². The molecule has 0 saturated carbocycles. The van der Waals surface area contributed by atoms with Crippen LogP contribution in [0.1, 0.15) is 17.4 Å². The summed E-state index contributed by atoms with van der Waals surface area (Å²) in [6, 6.07) is 2.06. The van der Waals surface area contributed by atoms with Gasteiger partial charge in [-0.2, -0.15) is 0 Å². The quantitative estimate of drug-likeness (QED) is 0.745. The first kappa shape index (κ1) is 9.71. The van der Waals surface area contributed by atoms with Crippen LogP contribution in [0.5, 0.6) is 0 Å². The number of nitrogens with two attached hydrogens (primary N) is 1. The number of thiophene rings is 1. The van der Waals surface area contributed by atoms with Crippen molar-refractivity contribution in [2.75, 3.05) is 13.2 Å². The Balaban J connectivity index is 3.02. The molecule has 0 saturated heterocycles. The van der Waals surface area contributed by atoms with Gasteiger partial charge < -0.3 is 10.8 Å². The van der Waals surface area contributed by atoms with Gasteiger partial charge >= 0.3 is 0 Å². The van der Waals surface area contributed by atoms with E-state index in [-0.39, 0.29) is 12.0 Å². The molecule has 0 aliphatic heterocycles. The maximum atomic E-state index is 9.21. The molecule has 1 aromatic rings. The first-order valence-electron chi connectivity index (χ1n) is 3.99. The fourth-order valence-corrected chi connectivity index (χ4v) is 2.31. The summed E-state index contributed by atoms with van der Waals surface area (Å²) in [5, 5.41) is 11.2. The third kappa shape index (κ3) is 1.53. The largest absolute Gasteiger partial charge is 0.395 e. The second-order valence-electron chi connectivity index (χ2n) is 3.36. The molecule has 0 radical (unpaired) electrons. The maximum absolute atomic E-state index is 9.21. The highest BCUT2D eigenvalue weighted by Gasteiger charge is 2.26. The fourth-order valence-electron chi connectivity index (χ4n) is 1.22. The minimum absolute atomic E-state index is 0.116. The summed E-state index contributed by atoms with van der Waals surface area (Å²) in [5.41, 5.74) is 6.60. The summed E-state index contributed by atoms with van der Waals surface area (Å²) < 4.78 is 0. The van der Waals surface area contributed by atoms with E-state index in [0.717, 1.165) is 0 Å². The molecule has 3 heteroatoms. The van der Waals surface area contributed by atoms with Crippen LogP contribution < -0.4 is 5.73 Å². The summed E-state index contributed by atoms with van der Waals surface area (Å²) in [4.78, 5) is 1.20. The highest BCUT2D eigenvalue weighted by atomic mass is 32.1. The van der Waals surface area contributed by atoms with E-state index in [1.54, 1.807) is 11.3 Å². The van der Waals surface area contributed by atoms with Gasteiger partial charge in [0.05, 0.1) is 6.61 Å². The molecule has 0 fully saturated rings. The van der Waals surface area contributed by atoms with Crippen molar-refractivity contribution in [3.05, 3.63) is 21.9 Å². The minimum Gasteiger partial charge on any atom is -0.395 e. The fraction of sp³-hybridized carbons (Fsp3) is 0.556. The van der Waals surface area contributed by atoms with Crippen LogP contribution in [0.3, 0.4) is 0 Å². The van der Waals surface area contributed by atoms with Crippen molar-refractivity contribution in [2.45, 2.75) is 19.3 Å². The van der Waals surface area contributed by atoms with Crippen molar-refractivity contribution >= 4 is 11.3 Å². The average molecular weight is 185 g/mol. The number of rotatable bonds is 3. The lowest BCUT2D eigenvalue weighted by atomic mass is 9.88. The molecule has 12 heavy (non-hydrogen) atoms. The van der Waals surface area contributed by atoms with Gasteiger partial charge in [0.25, 0.3) is 0 Å². The van der Waals surface area contributed by atoms with Crippen molar-refractivity contribution in [3.63, 3.8) is 0 Å². The lowest BCUT2D eigenvalue weighted by molar-refractivity contribution is 0.212. The van der Waals surface area contributed by atoms with Crippen LogP contribution in [-0.4, -0.2) is 18.3 Å². The molecule has 0 spiro atoms. The number of aliphatic hydroxyl groups is 1. The van der Waals surface area contributed by atoms with Gasteiger partial charge in [-0.15, -0.1) is 11.3 Å². The molecular formula is C9H15NOS. The number of aliphatic hydroxyl groups excluding tert-OH is 1. The van der Waals surface area contributed by atoms with E-state index >= 15 is 0 Å². The Labute approximate surface area is 77.0 Å². The summed E-state index contributed by atoms with van der Waals surface area (Å²) in [7, 11) is 0. The van der Waals surface area contributed by atoms with Crippen LogP contribution in [0.25, 0.3) is 0 Å². The van der Waals surface area contributed by atoms with Crippen LogP contribution in [0.15, 0.2) is 11.4 Å². The normalized spacial score (nSPS) is 16.0. The van der Waals surface area contributed by atoms with Crippen LogP contribution in [0, 0.1) is 6.92 Å². The van der Waals surface area contributed by atoms with E-state index in [1.165, 1.54) is 10.4 Å². The van der Waals surface area contributed by atoms with E-state index < -0.39 is 0 Å². The zero-order chi connectivity index (χ0) is 9.19. The highest BCUT2D eigenvalue weighted by Crippen LogP contribution is 2.29. The monoisotopic (exact) mass is 185 g/mol. The smallest absolute Gasteiger partial charge is 0.0545 e. The first-order chi connectivity index (χ1) is 5.64. The molecule has 68 valence electrons. The third-order valence-electron chi connectivity index (χ3n) is 2.21. The van der Waals surface area contributed by atoms with Crippen molar-refractivity contribution < 1.29 is 5.11 Å². The van der Waals surface area contributed by atoms with E-state index in [9.17, 15) is 5.11 Å². The Hall–Kier alpha value is -0.380. The maximum Gasteiger partial charge on any atom is 0.0545 e. The van der Waals surface area contributed by atoms with Gasteiger partial charge in [-0.1, -0.05) is 6.92 Å². The Morgan fingerprint density at radius 1 is 1.67 bits per heavy atom. The van der Waals surface area contributed by atoms with Gasteiger partial charge in [0.1, 0.15) is 0 Å².